The van der Waals surface area contributed by atoms with Crippen molar-refractivity contribution in [3.8, 4) is 0 Å². The molecule has 0 spiro atoms. The number of aliphatic hydroxyl groups is 1. The fraction of sp³-hybridized carbons (Fsp3) is 0.611. The lowest BCUT2D eigenvalue weighted by Gasteiger charge is -2.33. The summed E-state index contributed by atoms with van der Waals surface area (Å²) in [5.41, 5.74) is 3.09. The van der Waals surface area contributed by atoms with Crippen molar-refractivity contribution >= 4 is 11.6 Å². The fourth-order valence-electron chi connectivity index (χ4n) is 3.10. The normalized spacial score (nSPS) is 13.5. The molecule has 0 aliphatic carbocycles. The van der Waals surface area contributed by atoms with Gasteiger partial charge in [0.1, 0.15) is 5.56 Å². The van der Waals surface area contributed by atoms with Crippen LogP contribution in [0.1, 0.15) is 55.1 Å². The molecular weight excluding hydrogens is 304 g/mol. The molecule has 6 heteroatoms. The largest absolute Gasteiger partial charge is 0.392 e. The molecule has 2 N–H and O–H groups in total. The van der Waals surface area contributed by atoms with Crippen LogP contribution >= 0.6 is 0 Å². The van der Waals surface area contributed by atoms with Gasteiger partial charge in [0.05, 0.1) is 11.8 Å². The first-order valence-electron chi connectivity index (χ1n) is 8.34. The molecule has 0 saturated heterocycles. The molecule has 1 unspecified atom stereocenters. The van der Waals surface area contributed by atoms with E-state index in [2.05, 4.69) is 15.4 Å². The zero-order chi connectivity index (χ0) is 18.2. The maximum absolute atomic E-state index is 12.7. The van der Waals surface area contributed by atoms with Gasteiger partial charge in [0, 0.05) is 23.3 Å². The monoisotopic (exact) mass is 332 g/mol. The Morgan fingerprint density at radius 1 is 1.33 bits per heavy atom. The van der Waals surface area contributed by atoms with E-state index < -0.39 is 11.5 Å². The van der Waals surface area contributed by atoms with E-state index >= 15 is 0 Å². The van der Waals surface area contributed by atoms with Crippen LogP contribution in [0.5, 0.6) is 0 Å². The minimum absolute atomic E-state index is 0.127. The molecule has 132 valence electrons. The number of amides is 1. The summed E-state index contributed by atoms with van der Waals surface area (Å²) in [4.78, 5) is 17.2. The van der Waals surface area contributed by atoms with Gasteiger partial charge in [-0.05, 0) is 32.8 Å². The maximum atomic E-state index is 12.7. The Kier molecular flexibility index (Phi) is 4.99. The number of aryl methyl sites for hydroxylation is 3. The molecule has 0 fully saturated rings. The molecule has 6 nitrogen and oxygen atoms in total. The van der Waals surface area contributed by atoms with Gasteiger partial charge >= 0.3 is 0 Å². The topological polar surface area (TPSA) is 79.5 Å². The molecular formula is C18H28N4O2. The van der Waals surface area contributed by atoms with E-state index in [-0.39, 0.29) is 11.8 Å². The standard InChI is InChI=1S/C18H28N4O2/c1-10(2)15(23)18(6,7)9-19-17(24)14-13(5)21-22-12(4)8-11(3)20-16(14)22/h8,10,15,23H,9H2,1-7H3,(H,19,24). The summed E-state index contributed by atoms with van der Waals surface area (Å²) >= 11 is 0. The quantitative estimate of drug-likeness (QED) is 0.881. The van der Waals surface area contributed by atoms with Crippen LogP contribution in [0.3, 0.4) is 0 Å². The first-order valence-corrected chi connectivity index (χ1v) is 8.34. The van der Waals surface area contributed by atoms with Crippen molar-refractivity contribution in [3.63, 3.8) is 0 Å². The molecule has 2 aromatic heterocycles. The second-order valence-electron chi connectivity index (χ2n) is 7.59. The van der Waals surface area contributed by atoms with E-state index in [4.69, 9.17) is 0 Å². The SMILES string of the molecule is Cc1cc(C)n2nc(C)c(C(=O)NCC(C)(C)C(O)C(C)C)c2n1. The van der Waals surface area contributed by atoms with Gasteiger partial charge in [0.15, 0.2) is 5.65 Å². The summed E-state index contributed by atoms with van der Waals surface area (Å²) < 4.78 is 1.70. The summed E-state index contributed by atoms with van der Waals surface area (Å²) in [5.74, 6) is -0.0772. The van der Waals surface area contributed by atoms with E-state index in [1.807, 2.05) is 54.5 Å². The van der Waals surface area contributed by atoms with Crippen molar-refractivity contribution in [3.05, 3.63) is 28.7 Å². The zero-order valence-corrected chi connectivity index (χ0v) is 15.6. The summed E-state index contributed by atoms with van der Waals surface area (Å²) in [6.07, 6.45) is -0.495. The average molecular weight is 332 g/mol. The number of aliphatic hydroxyl groups excluding tert-OH is 1. The van der Waals surface area contributed by atoms with Gasteiger partial charge in [-0.15, -0.1) is 0 Å². The molecule has 0 aliphatic heterocycles. The van der Waals surface area contributed by atoms with Crippen LogP contribution in [0, 0.1) is 32.1 Å². The van der Waals surface area contributed by atoms with Crippen LogP contribution in [0.15, 0.2) is 6.07 Å². The second kappa shape index (κ2) is 6.51. The molecule has 0 bridgehead atoms. The average Bonchev–Trinajstić information content (AvgIpc) is 2.80. The predicted molar refractivity (Wildman–Crippen MR) is 94.2 cm³/mol. The Bertz CT molecular complexity index is 762. The minimum Gasteiger partial charge on any atom is -0.392 e. The number of nitrogens with one attached hydrogen (secondary N) is 1. The molecule has 2 heterocycles. The Hall–Kier alpha value is -1.95. The lowest BCUT2D eigenvalue weighted by molar-refractivity contribution is 0.0138. The minimum atomic E-state index is -0.495. The highest BCUT2D eigenvalue weighted by molar-refractivity contribution is 6.01. The molecule has 0 aromatic carbocycles. The molecule has 2 aromatic rings. The fourth-order valence-corrected chi connectivity index (χ4v) is 3.10. The number of nitrogens with zero attached hydrogens (tertiary/aromatic N) is 3. The van der Waals surface area contributed by atoms with Crippen molar-refractivity contribution in [2.45, 2.75) is 54.6 Å². The second-order valence-corrected chi connectivity index (χ2v) is 7.59. The highest BCUT2D eigenvalue weighted by atomic mass is 16.3. The first kappa shape index (κ1) is 18.4. The molecule has 0 radical (unpaired) electrons. The van der Waals surface area contributed by atoms with Gasteiger partial charge in [-0.1, -0.05) is 27.7 Å². The number of fused-ring (bicyclic) bond motifs is 1. The Labute approximate surface area is 143 Å². The number of carbonyl (C=O) groups is 1. The third kappa shape index (κ3) is 3.43. The summed E-state index contributed by atoms with van der Waals surface area (Å²) in [6, 6.07) is 1.93. The highest BCUT2D eigenvalue weighted by Gasteiger charge is 2.31. The number of carbonyl (C=O) groups excluding carboxylic acids is 1. The van der Waals surface area contributed by atoms with Gasteiger partial charge in [-0.2, -0.15) is 5.10 Å². The zero-order valence-electron chi connectivity index (χ0n) is 15.6. The van der Waals surface area contributed by atoms with Crippen LogP contribution in [0.2, 0.25) is 0 Å². The lowest BCUT2D eigenvalue weighted by atomic mass is 9.80. The van der Waals surface area contributed by atoms with E-state index in [9.17, 15) is 9.90 Å². The Balaban J connectivity index is 2.28. The van der Waals surface area contributed by atoms with Gasteiger partial charge in [0.2, 0.25) is 0 Å². The molecule has 0 saturated carbocycles. The van der Waals surface area contributed by atoms with Crippen molar-refractivity contribution in [2.24, 2.45) is 11.3 Å². The van der Waals surface area contributed by atoms with Crippen LogP contribution in [-0.2, 0) is 0 Å². The van der Waals surface area contributed by atoms with Crippen LogP contribution in [0.25, 0.3) is 5.65 Å². The smallest absolute Gasteiger partial charge is 0.257 e. The third-order valence-electron chi connectivity index (χ3n) is 4.43. The van der Waals surface area contributed by atoms with E-state index in [0.717, 1.165) is 11.4 Å². The van der Waals surface area contributed by atoms with E-state index in [1.54, 1.807) is 4.52 Å². The Morgan fingerprint density at radius 2 is 1.96 bits per heavy atom. The predicted octanol–water partition coefficient (Wildman–Crippen LogP) is 2.43. The molecule has 24 heavy (non-hydrogen) atoms. The van der Waals surface area contributed by atoms with Crippen molar-refractivity contribution in [1.29, 1.82) is 0 Å². The van der Waals surface area contributed by atoms with E-state index in [0.29, 0.717) is 23.4 Å². The van der Waals surface area contributed by atoms with Crippen molar-refractivity contribution < 1.29 is 9.90 Å². The Morgan fingerprint density at radius 3 is 2.54 bits per heavy atom. The van der Waals surface area contributed by atoms with Crippen molar-refractivity contribution in [2.75, 3.05) is 6.54 Å². The number of aromatic nitrogens is 3. The molecule has 1 amide bonds. The lowest BCUT2D eigenvalue weighted by Crippen LogP contribution is -2.43. The van der Waals surface area contributed by atoms with Gasteiger partial charge in [-0.3, -0.25) is 4.79 Å². The van der Waals surface area contributed by atoms with Gasteiger partial charge in [0.25, 0.3) is 5.91 Å². The number of rotatable bonds is 5. The summed E-state index contributed by atoms with van der Waals surface area (Å²) in [6.45, 7) is 13.9. The third-order valence-corrected chi connectivity index (χ3v) is 4.43. The molecule has 1 atom stereocenters. The van der Waals surface area contributed by atoms with Crippen molar-refractivity contribution in [1.82, 2.24) is 19.9 Å². The van der Waals surface area contributed by atoms with Gasteiger partial charge in [-0.25, -0.2) is 9.50 Å². The van der Waals surface area contributed by atoms with E-state index in [1.165, 1.54) is 0 Å². The summed E-state index contributed by atoms with van der Waals surface area (Å²) in [5, 5.41) is 17.7. The first-order chi connectivity index (χ1) is 11.0. The maximum Gasteiger partial charge on any atom is 0.257 e. The number of hydrogen-bond acceptors (Lipinski definition) is 4. The highest BCUT2D eigenvalue weighted by Crippen LogP contribution is 2.25. The van der Waals surface area contributed by atoms with Crippen LogP contribution in [0.4, 0.5) is 0 Å². The molecule has 2 rings (SSSR count). The van der Waals surface area contributed by atoms with Crippen LogP contribution < -0.4 is 5.32 Å². The number of hydrogen-bond donors (Lipinski definition) is 2. The molecule has 0 aliphatic rings. The van der Waals surface area contributed by atoms with Gasteiger partial charge < -0.3 is 10.4 Å². The van der Waals surface area contributed by atoms with Crippen LogP contribution in [-0.4, -0.2) is 38.3 Å². The summed E-state index contributed by atoms with van der Waals surface area (Å²) in [7, 11) is 0.